The average molecular weight is 483 g/mol. The number of carbonyl (C=O) groups excluding carboxylic acids is 2. The Morgan fingerprint density at radius 2 is 1.94 bits per heavy atom. The van der Waals surface area contributed by atoms with Gasteiger partial charge in [0.2, 0.25) is 0 Å². The molecule has 3 saturated heterocycles. The van der Waals surface area contributed by atoms with Gasteiger partial charge in [-0.2, -0.15) is 0 Å². The second kappa shape index (κ2) is 6.86. The second-order valence-corrected chi connectivity index (χ2v) is 11.3. The Labute approximate surface area is 219 Å². The first-order chi connectivity index (χ1) is 15.6. The van der Waals surface area contributed by atoms with Gasteiger partial charge in [-0.15, -0.1) is 0 Å². The van der Waals surface area contributed by atoms with Gasteiger partial charge in [-0.3, -0.25) is 9.59 Å². The number of aliphatic carboxylic acids is 1. The van der Waals surface area contributed by atoms with Gasteiger partial charge in [-0.25, -0.2) is 4.79 Å². The van der Waals surface area contributed by atoms with Crippen LogP contribution in [0, 0.1) is 17.3 Å². The van der Waals surface area contributed by atoms with E-state index in [1.165, 1.54) is 0 Å². The summed E-state index contributed by atoms with van der Waals surface area (Å²) in [5.74, 6) is -1.63. The SMILES string of the molecule is CC(C)[C@]12O[C@H]1[C@@H]1O[C@]13[C@]1(O[C@H]1C[C@H]1C4=C(CC[C@@]13C)C(=O)OC4)[C@@H]2OC(=O)CCC(=O)O.[Na]. The number of rotatable bonds is 5. The molecule has 7 rings (SSSR count). The van der Waals surface area contributed by atoms with Gasteiger partial charge in [0.05, 0.1) is 18.9 Å². The quantitative estimate of drug-likeness (QED) is 0.348. The van der Waals surface area contributed by atoms with Crippen molar-refractivity contribution >= 4 is 47.5 Å². The van der Waals surface area contributed by atoms with Crippen molar-refractivity contribution in [1.82, 2.24) is 0 Å². The number of hydrogen-bond acceptors (Lipinski definition) is 8. The largest absolute Gasteiger partial charge is 0.481 e. The van der Waals surface area contributed by atoms with Crippen LogP contribution in [0.15, 0.2) is 11.1 Å². The molecule has 0 unspecified atom stereocenters. The van der Waals surface area contributed by atoms with E-state index in [0.29, 0.717) is 19.4 Å². The van der Waals surface area contributed by atoms with Crippen LogP contribution in [0.3, 0.4) is 0 Å². The first-order valence-electron chi connectivity index (χ1n) is 12.0. The van der Waals surface area contributed by atoms with Crippen LogP contribution in [-0.2, 0) is 38.1 Å². The molecule has 3 aliphatic carbocycles. The predicted molar refractivity (Wildman–Crippen MR) is 114 cm³/mol. The molecule has 179 valence electrons. The van der Waals surface area contributed by atoms with Crippen LogP contribution in [-0.4, -0.2) is 100 Å². The molecule has 0 aromatic heterocycles. The Kier molecular flexibility index (Phi) is 4.73. The molecule has 2 spiro atoms. The number of fused-ring (bicyclic) bond motifs is 4. The molecule has 0 aromatic rings. The summed E-state index contributed by atoms with van der Waals surface area (Å²) in [5.41, 5.74) is -0.569. The minimum atomic E-state index is -1.04. The Morgan fingerprint density at radius 3 is 2.65 bits per heavy atom. The number of carbonyl (C=O) groups is 3. The summed E-state index contributed by atoms with van der Waals surface area (Å²) in [5, 5.41) is 9.00. The van der Waals surface area contributed by atoms with E-state index in [2.05, 4.69) is 6.92 Å². The monoisotopic (exact) mass is 483 g/mol. The molecule has 1 radical (unpaired) electrons. The summed E-state index contributed by atoms with van der Waals surface area (Å²) >= 11 is 0. The Hall–Kier alpha value is -0.970. The van der Waals surface area contributed by atoms with E-state index in [9.17, 15) is 14.4 Å². The van der Waals surface area contributed by atoms with E-state index < -0.39 is 34.8 Å². The molecule has 0 aromatic carbocycles. The third-order valence-corrected chi connectivity index (χ3v) is 9.86. The Balaban J connectivity index is 0.00000217. The number of carboxylic acids is 1. The van der Waals surface area contributed by atoms with Gasteiger partial charge in [0, 0.05) is 40.5 Å². The summed E-state index contributed by atoms with van der Waals surface area (Å²) in [6.45, 7) is 6.65. The Bertz CT molecular complexity index is 1060. The number of ether oxygens (including phenoxy) is 5. The van der Waals surface area contributed by atoms with Gasteiger partial charge in [0.15, 0.2) is 11.7 Å². The number of cyclic esters (lactones) is 1. The summed E-state index contributed by atoms with van der Waals surface area (Å²) in [4.78, 5) is 36.0. The fourth-order valence-corrected chi connectivity index (χ4v) is 8.24. The van der Waals surface area contributed by atoms with Gasteiger partial charge in [0.1, 0.15) is 30.0 Å². The molecule has 9 atom stereocenters. The molecular formula is C24H28NaO9. The molecule has 0 bridgehead atoms. The first-order valence-corrected chi connectivity index (χ1v) is 12.0. The van der Waals surface area contributed by atoms with E-state index in [1.54, 1.807) is 0 Å². The van der Waals surface area contributed by atoms with Crippen molar-refractivity contribution < 1.29 is 43.2 Å². The third-order valence-electron chi connectivity index (χ3n) is 9.86. The third kappa shape index (κ3) is 2.40. The second-order valence-electron chi connectivity index (χ2n) is 11.3. The minimum Gasteiger partial charge on any atom is -0.481 e. The zero-order valence-corrected chi connectivity index (χ0v) is 21.9. The maximum absolute atomic E-state index is 12.7. The van der Waals surface area contributed by atoms with Crippen LogP contribution >= 0.6 is 0 Å². The summed E-state index contributed by atoms with van der Waals surface area (Å²) in [6, 6.07) is 0. The van der Waals surface area contributed by atoms with Gasteiger partial charge in [0.25, 0.3) is 0 Å². The van der Waals surface area contributed by atoms with Crippen LogP contribution < -0.4 is 0 Å². The molecule has 0 amide bonds. The Morgan fingerprint density at radius 1 is 1.18 bits per heavy atom. The molecule has 2 saturated carbocycles. The zero-order chi connectivity index (χ0) is 23.1. The molecular weight excluding hydrogens is 455 g/mol. The van der Waals surface area contributed by atoms with Crippen LogP contribution in [0.2, 0.25) is 0 Å². The van der Waals surface area contributed by atoms with Crippen molar-refractivity contribution in [2.75, 3.05) is 6.61 Å². The van der Waals surface area contributed by atoms with E-state index in [-0.39, 0.29) is 83.9 Å². The van der Waals surface area contributed by atoms with Crippen LogP contribution in [0.5, 0.6) is 0 Å². The topological polar surface area (TPSA) is 127 Å². The molecule has 1 N–H and O–H groups in total. The van der Waals surface area contributed by atoms with Gasteiger partial charge in [-0.05, 0) is 36.7 Å². The maximum Gasteiger partial charge on any atom is 0.334 e. The molecule has 9 nitrogen and oxygen atoms in total. The standard InChI is InChI=1S/C24H28O9.Na/c1-10(2)22-17(32-22)18-24(33-18)21(3)7-6-11-12(9-29-19(11)28)13(21)8-14-23(24,31-14)20(22)30-16(27)5-4-15(25)26;/h10,13-14,17-18,20H,4-9H2,1-3H3,(H,25,26);/t13-,14-,17-,18-,20+,21-,22-,23+,24+;/m0./s1. The molecule has 4 heterocycles. The van der Waals surface area contributed by atoms with E-state index in [1.807, 2.05) is 13.8 Å². The zero-order valence-electron chi connectivity index (χ0n) is 19.9. The molecule has 7 aliphatic rings. The van der Waals surface area contributed by atoms with Crippen molar-refractivity contribution in [2.24, 2.45) is 17.3 Å². The smallest absolute Gasteiger partial charge is 0.334 e. The molecule has 5 fully saturated rings. The maximum atomic E-state index is 12.7. The van der Waals surface area contributed by atoms with E-state index in [0.717, 1.165) is 17.6 Å². The predicted octanol–water partition coefficient (Wildman–Crippen LogP) is 1.14. The average Bonchev–Trinajstić information content (AvgIpc) is 3.65. The fraction of sp³-hybridized carbons (Fsp3) is 0.792. The van der Waals surface area contributed by atoms with Gasteiger partial charge >= 0.3 is 17.9 Å². The normalized spacial score (nSPS) is 50.4. The minimum absolute atomic E-state index is 0. The number of epoxide rings is 3. The molecule has 4 aliphatic heterocycles. The van der Waals surface area contributed by atoms with Crippen LogP contribution in [0.4, 0.5) is 0 Å². The number of hydrogen-bond donors (Lipinski definition) is 1. The van der Waals surface area contributed by atoms with Crippen molar-refractivity contribution in [2.45, 2.75) is 94.1 Å². The van der Waals surface area contributed by atoms with E-state index >= 15 is 0 Å². The summed E-state index contributed by atoms with van der Waals surface area (Å²) in [6.07, 6.45) is 0.464. The van der Waals surface area contributed by atoms with Gasteiger partial charge in [-0.1, -0.05) is 20.8 Å². The van der Waals surface area contributed by atoms with Crippen molar-refractivity contribution in [3.05, 3.63) is 11.1 Å². The number of esters is 2. The molecule has 10 heteroatoms. The van der Waals surface area contributed by atoms with Crippen molar-refractivity contribution in [3.63, 3.8) is 0 Å². The van der Waals surface area contributed by atoms with E-state index in [4.69, 9.17) is 28.8 Å². The number of carboxylic acid groups (broad SMARTS) is 1. The van der Waals surface area contributed by atoms with Crippen LogP contribution in [0.25, 0.3) is 0 Å². The van der Waals surface area contributed by atoms with Crippen molar-refractivity contribution in [1.29, 1.82) is 0 Å². The summed E-state index contributed by atoms with van der Waals surface area (Å²) in [7, 11) is 0. The fourth-order valence-electron chi connectivity index (χ4n) is 8.24. The van der Waals surface area contributed by atoms with Crippen LogP contribution in [0.1, 0.15) is 52.9 Å². The summed E-state index contributed by atoms with van der Waals surface area (Å²) < 4.78 is 30.9. The van der Waals surface area contributed by atoms with Gasteiger partial charge < -0.3 is 28.8 Å². The molecule has 34 heavy (non-hydrogen) atoms. The first kappa shape index (κ1) is 23.4. The van der Waals surface area contributed by atoms with Crippen molar-refractivity contribution in [3.8, 4) is 0 Å².